The standard InChI is InChI=1S/C30H32N8O2/c31-28(32)35-17-21-6-4-8-23(14-21)19-37-30(40)38-29(33)36-18-22-7-3-5-20(13-22)16-34-27(39)26-12-11-24-9-1-2-10-25(24)15-26/h1-15H,16-19H2,(H,34,39)(H4,31,32,35)(H4,33,36,37,38,40). The van der Waals surface area contributed by atoms with Crippen LogP contribution in [0.5, 0.6) is 0 Å². The number of nitrogens with one attached hydrogen (secondary N) is 3. The first-order chi connectivity index (χ1) is 19.4. The Kier molecular flexibility index (Phi) is 9.28. The van der Waals surface area contributed by atoms with Crippen LogP contribution in [0.3, 0.4) is 0 Å². The lowest BCUT2D eigenvalue weighted by atomic mass is 10.1. The van der Waals surface area contributed by atoms with Gasteiger partial charge in [0.1, 0.15) is 0 Å². The van der Waals surface area contributed by atoms with Crippen molar-refractivity contribution in [3.8, 4) is 0 Å². The van der Waals surface area contributed by atoms with Gasteiger partial charge in [0, 0.05) is 18.7 Å². The molecule has 0 heterocycles. The van der Waals surface area contributed by atoms with Gasteiger partial charge in [0.25, 0.3) is 5.91 Å². The van der Waals surface area contributed by atoms with E-state index in [9.17, 15) is 9.59 Å². The maximum Gasteiger partial charge on any atom is 0.321 e. The summed E-state index contributed by atoms with van der Waals surface area (Å²) in [6.07, 6.45) is 0. The Labute approximate surface area is 232 Å². The summed E-state index contributed by atoms with van der Waals surface area (Å²) < 4.78 is 0. The predicted octanol–water partition coefficient (Wildman–Crippen LogP) is 2.86. The lowest BCUT2D eigenvalue weighted by molar-refractivity contribution is 0.0951. The lowest BCUT2D eigenvalue weighted by Gasteiger charge is -2.09. The zero-order valence-corrected chi connectivity index (χ0v) is 21.9. The lowest BCUT2D eigenvalue weighted by Crippen LogP contribution is -2.43. The predicted molar refractivity (Wildman–Crippen MR) is 158 cm³/mol. The van der Waals surface area contributed by atoms with Crippen LogP contribution >= 0.6 is 0 Å². The Bertz CT molecular complexity index is 1560. The number of nitrogens with two attached hydrogens (primary N) is 3. The van der Waals surface area contributed by atoms with E-state index in [-0.39, 0.29) is 24.4 Å². The number of hydrogen-bond donors (Lipinski definition) is 6. The largest absolute Gasteiger partial charge is 0.370 e. The molecular weight excluding hydrogens is 504 g/mol. The molecule has 4 rings (SSSR count). The minimum Gasteiger partial charge on any atom is -0.370 e. The summed E-state index contributed by atoms with van der Waals surface area (Å²) in [5, 5.41) is 10.3. The Balaban J connectivity index is 1.24. The zero-order valence-electron chi connectivity index (χ0n) is 21.9. The van der Waals surface area contributed by atoms with Crippen molar-refractivity contribution < 1.29 is 9.59 Å². The number of aliphatic imine (C=N–C) groups is 2. The van der Waals surface area contributed by atoms with Crippen molar-refractivity contribution in [2.75, 3.05) is 0 Å². The van der Waals surface area contributed by atoms with Crippen LogP contribution in [-0.2, 0) is 26.2 Å². The van der Waals surface area contributed by atoms with E-state index >= 15 is 0 Å². The number of urea groups is 1. The number of amides is 3. The molecule has 0 spiro atoms. The number of guanidine groups is 2. The molecule has 10 nitrogen and oxygen atoms in total. The monoisotopic (exact) mass is 536 g/mol. The van der Waals surface area contributed by atoms with Gasteiger partial charge in [-0.05, 0) is 45.2 Å². The third-order valence-corrected chi connectivity index (χ3v) is 6.02. The fourth-order valence-corrected chi connectivity index (χ4v) is 4.03. The van der Waals surface area contributed by atoms with E-state index in [0.29, 0.717) is 25.2 Å². The molecule has 40 heavy (non-hydrogen) atoms. The summed E-state index contributed by atoms with van der Waals surface area (Å²) in [5.41, 5.74) is 20.9. The van der Waals surface area contributed by atoms with E-state index in [1.807, 2.05) is 91.0 Å². The number of nitrogens with zero attached hydrogens (tertiary/aromatic N) is 2. The smallest absolute Gasteiger partial charge is 0.321 e. The third-order valence-electron chi connectivity index (χ3n) is 6.02. The molecule has 204 valence electrons. The van der Waals surface area contributed by atoms with Gasteiger partial charge in [-0.3, -0.25) is 10.1 Å². The van der Waals surface area contributed by atoms with E-state index in [1.165, 1.54) is 0 Å². The van der Waals surface area contributed by atoms with Crippen LogP contribution in [-0.4, -0.2) is 23.9 Å². The molecule has 0 saturated carbocycles. The highest BCUT2D eigenvalue weighted by Crippen LogP contribution is 2.16. The summed E-state index contributed by atoms with van der Waals surface area (Å²) in [7, 11) is 0. The fraction of sp³-hybridized carbons (Fsp3) is 0.133. The zero-order chi connectivity index (χ0) is 28.3. The van der Waals surface area contributed by atoms with Gasteiger partial charge >= 0.3 is 6.03 Å². The number of hydrogen-bond acceptors (Lipinski definition) is 4. The summed E-state index contributed by atoms with van der Waals surface area (Å²) in [4.78, 5) is 33.2. The average molecular weight is 537 g/mol. The molecule has 0 aromatic heterocycles. The molecule has 0 atom stereocenters. The number of fused-ring (bicyclic) bond motifs is 1. The molecule has 0 aliphatic rings. The van der Waals surface area contributed by atoms with E-state index in [0.717, 1.165) is 33.0 Å². The SMILES string of the molecule is NC(N)=NCc1cccc(CNC(=O)NC(N)=NCc2cccc(CNC(=O)c3ccc4ccccc4c3)c2)c1. The van der Waals surface area contributed by atoms with Crippen LogP contribution < -0.4 is 33.2 Å². The second-order valence-corrected chi connectivity index (χ2v) is 9.13. The topological polar surface area (TPSA) is 173 Å². The normalized spacial score (nSPS) is 11.1. The summed E-state index contributed by atoms with van der Waals surface area (Å²) in [6, 6.07) is 28.3. The molecule has 0 aliphatic carbocycles. The van der Waals surface area contributed by atoms with E-state index in [1.54, 1.807) is 0 Å². The molecule has 0 bridgehead atoms. The fourth-order valence-electron chi connectivity index (χ4n) is 4.03. The van der Waals surface area contributed by atoms with Crippen LogP contribution in [0.2, 0.25) is 0 Å². The Morgan fingerprint density at radius 2 is 1.23 bits per heavy atom. The second kappa shape index (κ2) is 13.4. The third kappa shape index (κ3) is 8.32. The first-order valence-corrected chi connectivity index (χ1v) is 12.7. The molecule has 3 amide bonds. The highest BCUT2D eigenvalue weighted by Gasteiger charge is 2.07. The van der Waals surface area contributed by atoms with Crippen LogP contribution in [0.4, 0.5) is 4.79 Å². The van der Waals surface area contributed by atoms with Gasteiger partial charge < -0.3 is 27.8 Å². The van der Waals surface area contributed by atoms with E-state index < -0.39 is 6.03 Å². The number of carbonyl (C=O) groups is 2. The van der Waals surface area contributed by atoms with E-state index in [2.05, 4.69) is 25.9 Å². The molecule has 0 fully saturated rings. The highest BCUT2D eigenvalue weighted by atomic mass is 16.2. The van der Waals surface area contributed by atoms with Gasteiger partial charge in [-0.2, -0.15) is 0 Å². The van der Waals surface area contributed by atoms with Gasteiger partial charge in [0.05, 0.1) is 13.1 Å². The van der Waals surface area contributed by atoms with Gasteiger partial charge in [0.2, 0.25) is 0 Å². The van der Waals surface area contributed by atoms with Gasteiger partial charge in [-0.15, -0.1) is 0 Å². The number of benzene rings is 4. The molecule has 0 aliphatic heterocycles. The van der Waals surface area contributed by atoms with Gasteiger partial charge in [0.15, 0.2) is 11.9 Å². The van der Waals surface area contributed by atoms with E-state index in [4.69, 9.17) is 17.2 Å². The quantitative estimate of drug-likeness (QED) is 0.142. The van der Waals surface area contributed by atoms with Crippen molar-refractivity contribution >= 4 is 34.6 Å². The second-order valence-electron chi connectivity index (χ2n) is 9.13. The van der Waals surface area contributed by atoms with Crippen molar-refractivity contribution in [3.63, 3.8) is 0 Å². The summed E-state index contributed by atoms with van der Waals surface area (Å²) >= 11 is 0. The molecule has 0 radical (unpaired) electrons. The van der Waals surface area contributed by atoms with Crippen molar-refractivity contribution in [3.05, 3.63) is 119 Å². The molecule has 4 aromatic carbocycles. The Morgan fingerprint density at radius 3 is 1.90 bits per heavy atom. The van der Waals surface area contributed by atoms with Crippen LogP contribution in [0.1, 0.15) is 32.6 Å². The van der Waals surface area contributed by atoms with Crippen molar-refractivity contribution in [1.82, 2.24) is 16.0 Å². The molecule has 4 aromatic rings. The number of rotatable bonds is 9. The first kappa shape index (κ1) is 27.6. The van der Waals surface area contributed by atoms with Crippen LogP contribution in [0, 0.1) is 0 Å². The first-order valence-electron chi connectivity index (χ1n) is 12.7. The minimum atomic E-state index is -0.471. The van der Waals surface area contributed by atoms with Crippen molar-refractivity contribution in [2.45, 2.75) is 26.2 Å². The maximum atomic E-state index is 12.7. The highest BCUT2D eigenvalue weighted by molar-refractivity contribution is 5.98. The molecule has 0 saturated heterocycles. The van der Waals surface area contributed by atoms with Gasteiger partial charge in [-0.25, -0.2) is 14.8 Å². The number of carbonyl (C=O) groups excluding carboxylic acids is 2. The minimum absolute atomic E-state index is 0.00554. The molecule has 0 unspecified atom stereocenters. The molecule has 10 heteroatoms. The van der Waals surface area contributed by atoms with Crippen molar-refractivity contribution in [2.24, 2.45) is 27.2 Å². The van der Waals surface area contributed by atoms with Crippen molar-refractivity contribution in [1.29, 1.82) is 0 Å². The molecular formula is C30H32N8O2. The summed E-state index contributed by atoms with van der Waals surface area (Å²) in [6.45, 7) is 1.29. The van der Waals surface area contributed by atoms with Crippen LogP contribution in [0.15, 0.2) is 101 Å². The Morgan fingerprint density at radius 1 is 0.625 bits per heavy atom. The summed E-state index contributed by atoms with van der Waals surface area (Å²) in [5.74, 6) is -0.128. The Hall–Kier alpha value is -5.38. The average Bonchev–Trinajstić information content (AvgIpc) is 2.97. The van der Waals surface area contributed by atoms with Crippen LogP contribution in [0.25, 0.3) is 10.8 Å². The molecule has 9 N–H and O–H groups in total. The van der Waals surface area contributed by atoms with Gasteiger partial charge in [-0.1, -0.05) is 78.9 Å². The maximum absolute atomic E-state index is 12.7.